The van der Waals surface area contributed by atoms with Crippen molar-refractivity contribution in [2.75, 3.05) is 26.3 Å². The van der Waals surface area contributed by atoms with E-state index >= 15 is 0 Å². The van der Waals surface area contributed by atoms with Crippen LogP contribution in [-0.4, -0.2) is 49.0 Å². The fourth-order valence-electron chi connectivity index (χ4n) is 3.05. The molecule has 0 spiro atoms. The molecule has 3 rings (SSSR count). The molecule has 0 N–H and O–H groups in total. The SMILES string of the molecule is Cc1c(C)c2cc(Cl)c(OCC3CN(C(=O)OC(C)(C)C)CCO3)cc2oc1=O. The Hall–Kier alpha value is -2.25. The van der Waals surface area contributed by atoms with E-state index in [1.807, 2.05) is 27.7 Å². The number of carbonyl (C=O) groups excluding carboxylic acids is 1. The van der Waals surface area contributed by atoms with Gasteiger partial charge in [0.1, 0.15) is 29.6 Å². The number of hydrogen-bond donors (Lipinski definition) is 0. The molecule has 0 radical (unpaired) electrons. The first kappa shape index (κ1) is 21.5. The van der Waals surface area contributed by atoms with Crippen LogP contribution in [-0.2, 0) is 9.47 Å². The number of benzene rings is 1. The molecule has 7 nitrogen and oxygen atoms in total. The molecule has 1 aliphatic rings. The lowest BCUT2D eigenvalue weighted by Gasteiger charge is -2.34. The van der Waals surface area contributed by atoms with E-state index in [4.69, 9.17) is 30.2 Å². The van der Waals surface area contributed by atoms with E-state index < -0.39 is 5.60 Å². The fraction of sp³-hybridized carbons (Fsp3) is 0.524. The van der Waals surface area contributed by atoms with Crippen molar-refractivity contribution in [2.24, 2.45) is 0 Å². The van der Waals surface area contributed by atoms with Crippen molar-refractivity contribution in [3.8, 4) is 5.75 Å². The van der Waals surface area contributed by atoms with Crippen molar-refractivity contribution >= 4 is 28.7 Å². The van der Waals surface area contributed by atoms with Crippen LogP contribution in [0.5, 0.6) is 5.75 Å². The first-order valence-electron chi connectivity index (χ1n) is 9.51. The lowest BCUT2D eigenvalue weighted by atomic mass is 10.1. The van der Waals surface area contributed by atoms with Gasteiger partial charge in [-0.25, -0.2) is 9.59 Å². The van der Waals surface area contributed by atoms with E-state index in [1.54, 1.807) is 24.0 Å². The standard InChI is InChI=1S/C21H26ClNO6/c1-12-13(2)19(24)28-17-9-18(16(22)8-15(12)17)27-11-14-10-23(6-7-26-14)20(25)29-21(3,4)5/h8-9,14H,6-7,10-11H2,1-5H3. The van der Waals surface area contributed by atoms with E-state index in [0.717, 1.165) is 10.9 Å². The highest BCUT2D eigenvalue weighted by atomic mass is 35.5. The second-order valence-corrected chi connectivity index (χ2v) is 8.56. The van der Waals surface area contributed by atoms with E-state index in [9.17, 15) is 9.59 Å². The van der Waals surface area contributed by atoms with E-state index in [0.29, 0.717) is 41.6 Å². The predicted octanol–water partition coefficient (Wildman–Crippen LogP) is 4.08. The highest BCUT2D eigenvalue weighted by Crippen LogP contribution is 2.32. The highest BCUT2D eigenvalue weighted by Gasteiger charge is 2.28. The van der Waals surface area contributed by atoms with Gasteiger partial charge in [0.25, 0.3) is 0 Å². The van der Waals surface area contributed by atoms with Crippen LogP contribution < -0.4 is 10.4 Å². The summed E-state index contributed by atoms with van der Waals surface area (Å²) in [7, 11) is 0. The van der Waals surface area contributed by atoms with Gasteiger partial charge in [-0.1, -0.05) is 11.6 Å². The Labute approximate surface area is 174 Å². The Morgan fingerprint density at radius 1 is 1.28 bits per heavy atom. The average Bonchev–Trinajstić information content (AvgIpc) is 2.64. The van der Waals surface area contributed by atoms with Crippen molar-refractivity contribution in [3.63, 3.8) is 0 Å². The number of nitrogens with zero attached hydrogens (tertiary/aromatic N) is 1. The third kappa shape index (κ3) is 5.03. The molecule has 1 aromatic carbocycles. The molecule has 1 saturated heterocycles. The summed E-state index contributed by atoms with van der Waals surface area (Å²) in [6, 6.07) is 3.34. The molecule has 158 valence electrons. The molecule has 0 bridgehead atoms. The average molecular weight is 424 g/mol. The summed E-state index contributed by atoms with van der Waals surface area (Å²) in [6.07, 6.45) is -0.697. The fourth-order valence-corrected chi connectivity index (χ4v) is 3.27. The van der Waals surface area contributed by atoms with Crippen molar-refractivity contribution in [1.82, 2.24) is 4.90 Å². The van der Waals surface area contributed by atoms with Gasteiger partial charge in [0.15, 0.2) is 0 Å². The van der Waals surface area contributed by atoms with Crippen LogP contribution in [0.25, 0.3) is 11.0 Å². The van der Waals surface area contributed by atoms with Gasteiger partial charge in [0.05, 0.1) is 18.2 Å². The zero-order valence-corrected chi connectivity index (χ0v) is 18.1. The second-order valence-electron chi connectivity index (χ2n) is 8.15. The summed E-state index contributed by atoms with van der Waals surface area (Å²) in [5.74, 6) is 0.392. The minimum absolute atomic E-state index is 0.194. The van der Waals surface area contributed by atoms with Gasteiger partial charge >= 0.3 is 11.7 Å². The Bertz CT molecular complexity index is 978. The normalized spacial score (nSPS) is 17.4. The number of fused-ring (bicyclic) bond motifs is 1. The van der Waals surface area contributed by atoms with Crippen LogP contribution in [0.2, 0.25) is 5.02 Å². The topological polar surface area (TPSA) is 78.2 Å². The monoisotopic (exact) mass is 423 g/mol. The third-order valence-electron chi connectivity index (χ3n) is 4.72. The van der Waals surface area contributed by atoms with E-state index in [1.165, 1.54) is 0 Å². The van der Waals surface area contributed by atoms with Crippen molar-refractivity contribution in [1.29, 1.82) is 0 Å². The summed E-state index contributed by atoms with van der Waals surface area (Å²) in [5, 5.41) is 1.18. The molecule has 1 aliphatic heterocycles. The van der Waals surface area contributed by atoms with E-state index in [2.05, 4.69) is 0 Å². The van der Waals surface area contributed by atoms with Crippen molar-refractivity contribution in [2.45, 2.75) is 46.3 Å². The van der Waals surface area contributed by atoms with Crippen LogP contribution in [0.1, 0.15) is 31.9 Å². The van der Waals surface area contributed by atoms with Gasteiger partial charge < -0.3 is 23.5 Å². The summed E-state index contributed by atoms with van der Waals surface area (Å²) in [4.78, 5) is 25.8. The van der Waals surface area contributed by atoms with Crippen LogP contribution in [0.4, 0.5) is 4.79 Å². The number of ether oxygens (including phenoxy) is 3. The lowest BCUT2D eigenvalue weighted by molar-refractivity contribution is -0.0556. The maximum absolute atomic E-state index is 12.3. The largest absolute Gasteiger partial charge is 0.489 e. The highest BCUT2D eigenvalue weighted by molar-refractivity contribution is 6.32. The van der Waals surface area contributed by atoms with Crippen LogP contribution >= 0.6 is 11.6 Å². The second kappa shape index (κ2) is 8.24. The molecule has 2 heterocycles. The number of halogens is 1. The van der Waals surface area contributed by atoms with Crippen LogP contribution in [0, 0.1) is 13.8 Å². The molecule has 8 heteroatoms. The Morgan fingerprint density at radius 2 is 2.00 bits per heavy atom. The molecular formula is C21H26ClNO6. The molecule has 2 aromatic rings. The van der Waals surface area contributed by atoms with Gasteiger partial charge in [-0.15, -0.1) is 0 Å². The van der Waals surface area contributed by atoms with E-state index in [-0.39, 0.29) is 24.4 Å². The first-order chi connectivity index (χ1) is 13.5. The zero-order valence-electron chi connectivity index (χ0n) is 17.3. The summed E-state index contributed by atoms with van der Waals surface area (Å²) in [6.45, 7) is 10.5. The molecule has 1 atom stereocenters. The lowest BCUT2D eigenvalue weighted by Crippen LogP contribution is -2.49. The summed E-state index contributed by atoms with van der Waals surface area (Å²) in [5.41, 5.74) is 0.859. The van der Waals surface area contributed by atoms with Gasteiger partial charge in [-0.3, -0.25) is 0 Å². The molecule has 1 amide bonds. The summed E-state index contributed by atoms with van der Waals surface area (Å²) < 4.78 is 22.3. The third-order valence-corrected chi connectivity index (χ3v) is 5.02. The first-order valence-corrected chi connectivity index (χ1v) is 9.89. The van der Waals surface area contributed by atoms with Crippen molar-refractivity contribution < 1.29 is 23.4 Å². The molecule has 0 saturated carbocycles. The molecule has 0 aliphatic carbocycles. The smallest absolute Gasteiger partial charge is 0.410 e. The zero-order chi connectivity index (χ0) is 21.3. The Morgan fingerprint density at radius 3 is 2.69 bits per heavy atom. The van der Waals surface area contributed by atoms with Gasteiger partial charge in [-0.05, 0) is 46.2 Å². The van der Waals surface area contributed by atoms with Gasteiger partial charge in [0.2, 0.25) is 0 Å². The minimum Gasteiger partial charge on any atom is -0.489 e. The van der Waals surface area contributed by atoms with Crippen LogP contribution in [0.3, 0.4) is 0 Å². The Kier molecular flexibility index (Phi) is 6.10. The molecular weight excluding hydrogens is 398 g/mol. The van der Waals surface area contributed by atoms with Crippen LogP contribution in [0.15, 0.2) is 21.3 Å². The molecule has 1 fully saturated rings. The maximum atomic E-state index is 12.3. The quantitative estimate of drug-likeness (QED) is 0.692. The predicted molar refractivity (Wildman–Crippen MR) is 110 cm³/mol. The minimum atomic E-state index is -0.555. The number of hydrogen-bond acceptors (Lipinski definition) is 6. The van der Waals surface area contributed by atoms with Gasteiger partial charge in [-0.2, -0.15) is 0 Å². The number of morpholine rings is 1. The number of carbonyl (C=O) groups is 1. The number of rotatable bonds is 3. The summed E-state index contributed by atoms with van der Waals surface area (Å²) >= 11 is 6.37. The molecule has 1 aromatic heterocycles. The Balaban J connectivity index is 1.70. The number of aryl methyl sites for hydroxylation is 1. The maximum Gasteiger partial charge on any atom is 0.410 e. The number of amides is 1. The molecule has 29 heavy (non-hydrogen) atoms. The van der Waals surface area contributed by atoms with Crippen molar-refractivity contribution in [3.05, 3.63) is 38.7 Å². The molecule has 1 unspecified atom stereocenters. The van der Waals surface area contributed by atoms with Gasteiger partial charge in [0, 0.05) is 23.6 Å².